The van der Waals surface area contributed by atoms with Crippen molar-refractivity contribution >= 4 is 5.82 Å². The van der Waals surface area contributed by atoms with Gasteiger partial charge in [0.1, 0.15) is 11.9 Å². The minimum Gasteiger partial charge on any atom is -0.474 e. The quantitative estimate of drug-likeness (QED) is 0.885. The zero-order valence-electron chi connectivity index (χ0n) is 10.8. The summed E-state index contributed by atoms with van der Waals surface area (Å²) in [4.78, 5) is 4.07. The summed E-state index contributed by atoms with van der Waals surface area (Å²) in [5.41, 5.74) is -0.726. The lowest BCUT2D eigenvalue weighted by molar-refractivity contribution is -0.137. The van der Waals surface area contributed by atoms with E-state index in [0.717, 1.165) is 37.8 Å². The largest absolute Gasteiger partial charge is 0.474 e. The van der Waals surface area contributed by atoms with Crippen LogP contribution in [-0.4, -0.2) is 17.6 Å². The number of nitrogens with one attached hydrogen (secondary N) is 1. The molecule has 1 aliphatic carbocycles. The van der Waals surface area contributed by atoms with Crippen molar-refractivity contribution < 1.29 is 17.9 Å². The maximum atomic E-state index is 12.8. The molecule has 1 N–H and O–H groups in total. The predicted molar refractivity (Wildman–Crippen MR) is 66.3 cm³/mol. The number of hydrogen-bond acceptors (Lipinski definition) is 3. The summed E-state index contributed by atoms with van der Waals surface area (Å²) < 4.78 is 43.8. The van der Waals surface area contributed by atoms with E-state index < -0.39 is 11.7 Å². The summed E-state index contributed by atoms with van der Waals surface area (Å²) in [6.45, 7) is 2.52. The van der Waals surface area contributed by atoms with Gasteiger partial charge in [0.25, 0.3) is 0 Å². The molecule has 0 spiro atoms. The zero-order valence-corrected chi connectivity index (χ0v) is 10.8. The third-order valence-electron chi connectivity index (χ3n) is 3.02. The van der Waals surface area contributed by atoms with Gasteiger partial charge in [0.2, 0.25) is 5.88 Å². The molecule has 1 aromatic rings. The van der Waals surface area contributed by atoms with Gasteiger partial charge in [-0.15, -0.1) is 0 Å². The number of anilines is 1. The lowest BCUT2D eigenvalue weighted by Crippen LogP contribution is -2.25. The molecular formula is C13H17F3N2O. The molecule has 0 aromatic carbocycles. The van der Waals surface area contributed by atoms with E-state index in [1.54, 1.807) is 0 Å². The second kappa shape index (κ2) is 5.67. The van der Waals surface area contributed by atoms with Gasteiger partial charge in [0.15, 0.2) is 0 Å². The van der Waals surface area contributed by atoms with Crippen molar-refractivity contribution in [3.8, 4) is 5.88 Å². The van der Waals surface area contributed by atoms with Crippen molar-refractivity contribution in [2.45, 2.75) is 44.9 Å². The van der Waals surface area contributed by atoms with E-state index in [1.165, 1.54) is 0 Å². The highest BCUT2D eigenvalue weighted by Crippen LogP contribution is 2.34. The van der Waals surface area contributed by atoms with Gasteiger partial charge < -0.3 is 10.1 Å². The topological polar surface area (TPSA) is 34.1 Å². The molecule has 0 amide bonds. The molecule has 0 aliphatic heterocycles. The van der Waals surface area contributed by atoms with Crippen molar-refractivity contribution in [3.63, 3.8) is 0 Å². The number of pyridine rings is 1. The van der Waals surface area contributed by atoms with Crippen LogP contribution in [-0.2, 0) is 6.18 Å². The summed E-state index contributed by atoms with van der Waals surface area (Å²) >= 11 is 0. The molecule has 2 rings (SSSR count). The SMILES string of the molecule is CCCNc1cc(C(F)(F)F)cc(OC2CCC2)n1. The van der Waals surface area contributed by atoms with E-state index in [4.69, 9.17) is 4.74 Å². The van der Waals surface area contributed by atoms with Crippen molar-refractivity contribution in [1.82, 2.24) is 4.98 Å². The first-order chi connectivity index (χ1) is 8.99. The number of alkyl halides is 3. The van der Waals surface area contributed by atoms with Gasteiger partial charge in [-0.1, -0.05) is 6.92 Å². The molecule has 0 bridgehead atoms. The molecule has 0 atom stereocenters. The van der Waals surface area contributed by atoms with E-state index in [9.17, 15) is 13.2 Å². The second-order valence-corrected chi connectivity index (χ2v) is 4.67. The number of hydrogen-bond donors (Lipinski definition) is 1. The Morgan fingerprint density at radius 3 is 2.63 bits per heavy atom. The lowest BCUT2D eigenvalue weighted by atomic mass is 9.96. The summed E-state index contributed by atoms with van der Waals surface area (Å²) in [7, 11) is 0. The Balaban J connectivity index is 2.19. The van der Waals surface area contributed by atoms with Gasteiger partial charge in [-0.3, -0.25) is 0 Å². The van der Waals surface area contributed by atoms with Crippen LogP contribution < -0.4 is 10.1 Å². The van der Waals surface area contributed by atoms with E-state index in [1.807, 2.05) is 6.92 Å². The fraction of sp³-hybridized carbons (Fsp3) is 0.615. The van der Waals surface area contributed by atoms with Gasteiger partial charge in [0.05, 0.1) is 5.56 Å². The highest BCUT2D eigenvalue weighted by atomic mass is 19.4. The third kappa shape index (κ3) is 3.75. The standard InChI is InChI=1S/C13H17F3N2O/c1-2-6-17-11-7-9(13(14,15)16)8-12(18-11)19-10-4-3-5-10/h7-8,10H,2-6H2,1H3,(H,17,18). The van der Waals surface area contributed by atoms with Crippen LogP contribution in [0.1, 0.15) is 38.2 Å². The van der Waals surface area contributed by atoms with Crippen molar-refractivity contribution in [2.24, 2.45) is 0 Å². The molecule has 19 heavy (non-hydrogen) atoms. The number of halogens is 3. The van der Waals surface area contributed by atoms with Gasteiger partial charge >= 0.3 is 6.18 Å². The van der Waals surface area contributed by atoms with Crippen molar-refractivity contribution in [3.05, 3.63) is 17.7 Å². The van der Waals surface area contributed by atoms with Crippen LogP contribution in [0.2, 0.25) is 0 Å². The molecule has 0 saturated heterocycles. The monoisotopic (exact) mass is 274 g/mol. The van der Waals surface area contributed by atoms with E-state index in [2.05, 4.69) is 10.3 Å². The molecule has 1 aromatic heterocycles. The van der Waals surface area contributed by atoms with Crippen LogP contribution in [0, 0.1) is 0 Å². The Morgan fingerprint density at radius 1 is 1.37 bits per heavy atom. The molecule has 106 valence electrons. The minimum atomic E-state index is -4.39. The van der Waals surface area contributed by atoms with Crippen molar-refractivity contribution in [1.29, 1.82) is 0 Å². The average Bonchev–Trinajstić information content (AvgIpc) is 2.30. The number of ether oxygens (including phenoxy) is 1. The smallest absolute Gasteiger partial charge is 0.416 e. The van der Waals surface area contributed by atoms with Crippen LogP contribution in [0.3, 0.4) is 0 Å². The molecule has 1 heterocycles. The van der Waals surface area contributed by atoms with Crippen LogP contribution in [0.5, 0.6) is 5.88 Å². The van der Waals surface area contributed by atoms with Crippen LogP contribution in [0.15, 0.2) is 12.1 Å². The van der Waals surface area contributed by atoms with Crippen LogP contribution >= 0.6 is 0 Å². The van der Waals surface area contributed by atoms with E-state index >= 15 is 0 Å². The zero-order chi connectivity index (χ0) is 13.9. The Kier molecular flexibility index (Phi) is 4.17. The predicted octanol–water partition coefficient (Wildman–Crippen LogP) is 3.85. The molecule has 6 heteroatoms. The summed E-state index contributed by atoms with van der Waals surface area (Å²) in [5, 5.41) is 2.87. The Bertz CT molecular complexity index is 430. The maximum absolute atomic E-state index is 12.8. The highest BCUT2D eigenvalue weighted by molar-refractivity contribution is 5.42. The van der Waals surface area contributed by atoms with Crippen molar-refractivity contribution in [2.75, 3.05) is 11.9 Å². The molecule has 1 aliphatic rings. The fourth-order valence-corrected chi connectivity index (χ4v) is 1.73. The van der Waals surface area contributed by atoms with Gasteiger partial charge in [-0.2, -0.15) is 18.2 Å². The molecule has 3 nitrogen and oxygen atoms in total. The Morgan fingerprint density at radius 2 is 2.11 bits per heavy atom. The minimum absolute atomic E-state index is 0.00927. The Hall–Kier alpha value is -1.46. The number of aromatic nitrogens is 1. The van der Waals surface area contributed by atoms with Gasteiger partial charge in [-0.05, 0) is 31.7 Å². The fourth-order valence-electron chi connectivity index (χ4n) is 1.73. The van der Waals surface area contributed by atoms with Crippen LogP contribution in [0.25, 0.3) is 0 Å². The average molecular weight is 274 g/mol. The first-order valence-electron chi connectivity index (χ1n) is 6.49. The summed E-state index contributed by atoms with van der Waals surface area (Å²) in [5.74, 6) is 0.268. The number of nitrogens with zero attached hydrogens (tertiary/aromatic N) is 1. The van der Waals surface area contributed by atoms with Gasteiger partial charge in [0, 0.05) is 12.6 Å². The third-order valence-corrected chi connectivity index (χ3v) is 3.02. The highest BCUT2D eigenvalue weighted by Gasteiger charge is 2.32. The molecule has 1 fully saturated rings. The summed E-state index contributed by atoms with van der Waals surface area (Å²) in [6.07, 6.45) is -0.731. The molecule has 0 radical (unpaired) electrons. The first-order valence-corrected chi connectivity index (χ1v) is 6.49. The molecule has 1 saturated carbocycles. The molecule has 0 unspecified atom stereocenters. The maximum Gasteiger partial charge on any atom is 0.416 e. The van der Waals surface area contributed by atoms with Crippen LogP contribution in [0.4, 0.5) is 19.0 Å². The van der Waals surface area contributed by atoms with E-state index in [-0.39, 0.29) is 17.8 Å². The first kappa shape index (κ1) is 14.0. The second-order valence-electron chi connectivity index (χ2n) is 4.67. The Labute approximate surface area is 110 Å². The summed E-state index contributed by atoms with van der Waals surface area (Å²) in [6, 6.07) is 1.98. The number of rotatable bonds is 5. The lowest BCUT2D eigenvalue weighted by Gasteiger charge is -2.26. The molecular weight excluding hydrogens is 257 g/mol. The van der Waals surface area contributed by atoms with E-state index in [0.29, 0.717) is 6.54 Å². The normalized spacial score (nSPS) is 16.0. The van der Waals surface area contributed by atoms with Gasteiger partial charge in [-0.25, -0.2) is 0 Å².